The number of unbranched alkanes of at least 4 members (excludes halogenated alkanes) is 4. The van der Waals surface area contributed by atoms with Crippen LogP contribution in [0.15, 0.2) is 0 Å². The maximum absolute atomic E-state index is 12.3. The first-order valence-corrected chi connectivity index (χ1v) is 7.89. The third-order valence-electron chi connectivity index (χ3n) is 3.91. The van der Waals surface area contributed by atoms with Crippen LogP contribution in [-0.4, -0.2) is 22.9 Å². The standard InChI is InChI=1S/C16H33NO/c1-6-9-10-11-12-13-16(18)17(14(4)7-2)15(5)8-3/h14-15H,6-13H2,1-5H3/t14-,15-/m0/s1. The predicted octanol–water partition coefficient (Wildman–Crippen LogP) is 4.77. The normalized spacial score (nSPS) is 14.3. The number of hydrogen-bond acceptors (Lipinski definition) is 1. The van der Waals surface area contributed by atoms with Gasteiger partial charge in [-0.25, -0.2) is 0 Å². The fraction of sp³-hybridized carbons (Fsp3) is 0.938. The molecular weight excluding hydrogens is 222 g/mol. The Labute approximate surface area is 114 Å². The number of amides is 1. The average molecular weight is 255 g/mol. The Morgan fingerprint density at radius 2 is 1.39 bits per heavy atom. The van der Waals surface area contributed by atoms with E-state index in [1.54, 1.807) is 0 Å². The maximum Gasteiger partial charge on any atom is 0.223 e. The molecule has 0 fully saturated rings. The highest BCUT2D eigenvalue weighted by atomic mass is 16.2. The van der Waals surface area contributed by atoms with E-state index in [4.69, 9.17) is 0 Å². The van der Waals surface area contributed by atoms with Gasteiger partial charge in [0.1, 0.15) is 0 Å². The second-order valence-corrected chi connectivity index (χ2v) is 5.48. The molecule has 2 atom stereocenters. The molecule has 0 aromatic rings. The van der Waals surface area contributed by atoms with Crippen molar-refractivity contribution in [2.75, 3.05) is 0 Å². The molecule has 0 N–H and O–H groups in total. The summed E-state index contributed by atoms with van der Waals surface area (Å²) in [6, 6.07) is 0.756. The third kappa shape index (κ3) is 6.42. The number of carbonyl (C=O) groups is 1. The lowest BCUT2D eigenvalue weighted by Crippen LogP contribution is -2.44. The summed E-state index contributed by atoms with van der Waals surface area (Å²) in [5.74, 6) is 0.357. The lowest BCUT2D eigenvalue weighted by molar-refractivity contribution is -0.135. The number of carbonyl (C=O) groups excluding carboxylic acids is 1. The Balaban J connectivity index is 4.13. The average Bonchev–Trinajstić information content (AvgIpc) is 2.38. The Kier molecular flexibility index (Phi) is 10.1. The van der Waals surface area contributed by atoms with Crippen molar-refractivity contribution in [1.29, 1.82) is 0 Å². The van der Waals surface area contributed by atoms with Crippen molar-refractivity contribution < 1.29 is 4.79 Å². The summed E-state index contributed by atoms with van der Waals surface area (Å²) in [5, 5.41) is 0. The van der Waals surface area contributed by atoms with Crippen LogP contribution in [0.1, 0.15) is 86.0 Å². The number of nitrogens with zero attached hydrogens (tertiary/aromatic N) is 1. The molecule has 0 saturated carbocycles. The van der Waals surface area contributed by atoms with Crippen molar-refractivity contribution in [3.05, 3.63) is 0 Å². The van der Waals surface area contributed by atoms with Gasteiger partial charge in [0.15, 0.2) is 0 Å². The summed E-state index contributed by atoms with van der Waals surface area (Å²) in [7, 11) is 0. The first kappa shape index (κ1) is 17.5. The minimum atomic E-state index is 0.357. The van der Waals surface area contributed by atoms with Gasteiger partial charge in [0, 0.05) is 18.5 Å². The van der Waals surface area contributed by atoms with Crippen LogP contribution >= 0.6 is 0 Å². The van der Waals surface area contributed by atoms with Crippen molar-refractivity contribution in [1.82, 2.24) is 4.90 Å². The topological polar surface area (TPSA) is 20.3 Å². The summed E-state index contributed by atoms with van der Waals surface area (Å²) >= 11 is 0. The van der Waals surface area contributed by atoms with Crippen LogP contribution in [0.5, 0.6) is 0 Å². The molecule has 0 spiro atoms. The van der Waals surface area contributed by atoms with Crippen molar-refractivity contribution in [3.63, 3.8) is 0 Å². The van der Waals surface area contributed by atoms with E-state index >= 15 is 0 Å². The molecule has 108 valence electrons. The van der Waals surface area contributed by atoms with E-state index in [0.717, 1.165) is 25.7 Å². The first-order valence-electron chi connectivity index (χ1n) is 7.89. The molecule has 0 aliphatic carbocycles. The molecule has 0 aromatic carbocycles. The van der Waals surface area contributed by atoms with Crippen molar-refractivity contribution in [2.45, 2.75) is 98.1 Å². The van der Waals surface area contributed by atoms with E-state index in [2.05, 4.69) is 39.5 Å². The summed E-state index contributed by atoms with van der Waals surface area (Å²) in [5.41, 5.74) is 0. The molecule has 1 amide bonds. The Bertz CT molecular complexity index is 205. The molecule has 0 rings (SSSR count). The fourth-order valence-corrected chi connectivity index (χ4v) is 2.33. The van der Waals surface area contributed by atoms with Gasteiger partial charge < -0.3 is 4.90 Å². The SMILES string of the molecule is CCCCCCCC(=O)N([C@@H](C)CC)[C@@H](C)CC. The van der Waals surface area contributed by atoms with Crippen LogP contribution in [0.25, 0.3) is 0 Å². The number of hydrogen-bond donors (Lipinski definition) is 0. The van der Waals surface area contributed by atoms with Gasteiger partial charge in [0.2, 0.25) is 5.91 Å². The summed E-state index contributed by atoms with van der Waals surface area (Å²) in [6.45, 7) is 10.9. The Morgan fingerprint density at radius 1 is 0.889 bits per heavy atom. The second-order valence-electron chi connectivity index (χ2n) is 5.48. The van der Waals surface area contributed by atoms with Crippen LogP contribution in [0.3, 0.4) is 0 Å². The minimum Gasteiger partial charge on any atom is -0.337 e. The van der Waals surface area contributed by atoms with Crippen LogP contribution in [0.2, 0.25) is 0 Å². The lowest BCUT2D eigenvalue weighted by atomic mass is 10.1. The van der Waals surface area contributed by atoms with E-state index in [0.29, 0.717) is 18.0 Å². The van der Waals surface area contributed by atoms with Gasteiger partial charge in [-0.15, -0.1) is 0 Å². The maximum atomic E-state index is 12.3. The van der Waals surface area contributed by atoms with Gasteiger partial charge in [-0.1, -0.05) is 46.5 Å². The van der Waals surface area contributed by atoms with Gasteiger partial charge >= 0.3 is 0 Å². The molecule has 0 saturated heterocycles. The van der Waals surface area contributed by atoms with Crippen molar-refractivity contribution >= 4 is 5.91 Å². The van der Waals surface area contributed by atoms with Crippen LogP contribution < -0.4 is 0 Å². The van der Waals surface area contributed by atoms with Crippen LogP contribution in [-0.2, 0) is 4.79 Å². The molecule has 0 aromatic heterocycles. The fourth-order valence-electron chi connectivity index (χ4n) is 2.33. The molecule has 0 aliphatic rings. The zero-order valence-electron chi connectivity index (χ0n) is 13.2. The molecule has 0 aliphatic heterocycles. The highest BCUT2D eigenvalue weighted by Crippen LogP contribution is 2.15. The Morgan fingerprint density at radius 3 is 1.83 bits per heavy atom. The van der Waals surface area contributed by atoms with Gasteiger partial charge in [0.25, 0.3) is 0 Å². The highest BCUT2D eigenvalue weighted by molar-refractivity contribution is 5.76. The monoisotopic (exact) mass is 255 g/mol. The minimum absolute atomic E-state index is 0.357. The predicted molar refractivity (Wildman–Crippen MR) is 79.7 cm³/mol. The van der Waals surface area contributed by atoms with E-state index in [1.165, 1.54) is 25.7 Å². The summed E-state index contributed by atoms with van der Waals surface area (Å²) in [6.07, 6.45) is 8.93. The zero-order valence-corrected chi connectivity index (χ0v) is 13.2. The van der Waals surface area contributed by atoms with Gasteiger partial charge in [-0.05, 0) is 33.1 Å². The van der Waals surface area contributed by atoms with E-state index in [9.17, 15) is 4.79 Å². The molecule has 0 heterocycles. The van der Waals surface area contributed by atoms with Gasteiger partial charge in [-0.3, -0.25) is 4.79 Å². The molecule has 18 heavy (non-hydrogen) atoms. The first-order chi connectivity index (χ1) is 8.58. The third-order valence-corrected chi connectivity index (χ3v) is 3.91. The van der Waals surface area contributed by atoms with E-state index in [1.807, 2.05) is 0 Å². The second kappa shape index (κ2) is 10.4. The molecule has 2 nitrogen and oxygen atoms in total. The molecule has 0 unspecified atom stereocenters. The molecule has 2 heteroatoms. The molecular formula is C16H33NO. The van der Waals surface area contributed by atoms with Crippen molar-refractivity contribution in [2.24, 2.45) is 0 Å². The zero-order chi connectivity index (χ0) is 14.0. The summed E-state index contributed by atoms with van der Waals surface area (Å²) in [4.78, 5) is 14.4. The highest BCUT2D eigenvalue weighted by Gasteiger charge is 2.22. The van der Waals surface area contributed by atoms with Crippen LogP contribution in [0, 0.1) is 0 Å². The lowest BCUT2D eigenvalue weighted by Gasteiger charge is -2.34. The summed E-state index contributed by atoms with van der Waals surface area (Å²) < 4.78 is 0. The van der Waals surface area contributed by atoms with E-state index in [-0.39, 0.29) is 0 Å². The largest absolute Gasteiger partial charge is 0.337 e. The van der Waals surface area contributed by atoms with Crippen LogP contribution in [0.4, 0.5) is 0 Å². The van der Waals surface area contributed by atoms with Crippen molar-refractivity contribution in [3.8, 4) is 0 Å². The van der Waals surface area contributed by atoms with Gasteiger partial charge in [0.05, 0.1) is 0 Å². The number of rotatable bonds is 10. The van der Waals surface area contributed by atoms with Gasteiger partial charge in [-0.2, -0.15) is 0 Å². The smallest absolute Gasteiger partial charge is 0.223 e. The quantitative estimate of drug-likeness (QED) is 0.515. The van der Waals surface area contributed by atoms with E-state index < -0.39 is 0 Å². The molecule has 0 bridgehead atoms. The Hall–Kier alpha value is -0.530. The molecule has 0 radical (unpaired) electrons.